The van der Waals surface area contributed by atoms with E-state index < -0.39 is 6.09 Å². The van der Waals surface area contributed by atoms with E-state index >= 15 is 0 Å². The Bertz CT molecular complexity index is 314. The summed E-state index contributed by atoms with van der Waals surface area (Å²) in [4.78, 5) is 11.9. The van der Waals surface area contributed by atoms with Gasteiger partial charge in [0.15, 0.2) is 0 Å². The molecule has 0 radical (unpaired) electrons. The van der Waals surface area contributed by atoms with E-state index in [0.717, 1.165) is 5.56 Å². The molecule has 0 aliphatic carbocycles. The second-order valence-corrected chi connectivity index (χ2v) is 2.94. The highest BCUT2D eigenvalue weighted by molar-refractivity contribution is 7.79. The van der Waals surface area contributed by atoms with Gasteiger partial charge in [0.25, 0.3) is 0 Å². The van der Waals surface area contributed by atoms with Gasteiger partial charge in [-0.2, -0.15) is 12.6 Å². The molecule has 4 heteroatoms. The van der Waals surface area contributed by atoms with Crippen molar-refractivity contribution in [3.05, 3.63) is 29.8 Å². The molecular weight excluding hydrogens is 186 g/mol. The predicted molar refractivity (Wildman–Crippen MR) is 55.6 cm³/mol. The molecule has 0 heterocycles. The van der Waals surface area contributed by atoms with Crippen LogP contribution in [0.4, 0.5) is 10.5 Å². The quantitative estimate of drug-likeness (QED) is 0.714. The van der Waals surface area contributed by atoms with Crippen LogP contribution in [0.3, 0.4) is 0 Å². The van der Waals surface area contributed by atoms with E-state index in [1.807, 2.05) is 18.2 Å². The number of hydrogen-bond donors (Lipinski definition) is 2. The highest BCUT2D eigenvalue weighted by Gasteiger charge is 2.10. The summed E-state index contributed by atoms with van der Waals surface area (Å²) < 4.78 is 0. The fourth-order valence-corrected chi connectivity index (χ4v) is 1.34. The summed E-state index contributed by atoms with van der Waals surface area (Å²) in [7, 11) is 1.52. The van der Waals surface area contributed by atoms with Crippen LogP contribution in [0, 0.1) is 0 Å². The lowest BCUT2D eigenvalue weighted by Crippen LogP contribution is -2.24. The van der Waals surface area contributed by atoms with Crippen LogP contribution in [0.2, 0.25) is 0 Å². The van der Waals surface area contributed by atoms with Gasteiger partial charge < -0.3 is 5.11 Å². The fraction of sp³-hybridized carbons (Fsp3) is 0.222. The smallest absolute Gasteiger partial charge is 0.411 e. The van der Waals surface area contributed by atoms with Crippen molar-refractivity contribution in [2.24, 2.45) is 0 Å². The van der Waals surface area contributed by atoms with Gasteiger partial charge >= 0.3 is 6.09 Å². The SMILES string of the molecule is CN(C(=O)O)c1ccccc1CS. The van der Waals surface area contributed by atoms with E-state index in [-0.39, 0.29) is 0 Å². The molecule has 0 bridgehead atoms. The predicted octanol–water partition coefficient (Wildman–Crippen LogP) is 2.23. The van der Waals surface area contributed by atoms with Crippen LogP contribution < -0.4 is 4.90 Å². The Morgan fingerprint density at radius 2 is 2.15 bits per heavy atom. The highest BCUT2D eigenvalue weighted by atomic mass is 32.1. The summed E-state index contributed by atoms with van der Waals surface area (Å²) in [5.74, 6) is 0.536. The third-order valence-electron chi connectivity index (χ3n) is 1.81. The molecule has 0 atom stereocenters. The topological polar surface area (TPSA) is 40.5 Å². The van der Waals surface area contributed by atoms with E-state index in [4.69, 9.17) is 5.11 Å². The molecule has 0 aromatic heterocycles. The van der Waals surface area contributed by atoms with Gasteiger partial charge in [-0.1, -0.05) is 18.2 Å². The number of anilines is 1. The molecule has 1 amide bonds. The minimum atomic E-state index is -0.964. The number of thiol groups is 1. The molecule has 0 aliphatic rings. The third kappa shape index (κ3) is 2.15. The third-order valence-corrected chi connectivity index (χ3v) is 2.15. The van der Waals surface area contributed by atoms with Gasteiger partial charge in [-0.15, -0.1) is 0 Å². The number of benzene rings is 1. The fourth-order valence-electron chi connectivity index (χ4n) is 1.07. The van der Waals surface area contributed by atoms with Gasteiger partial charge in [0.2, 0.25) is 0 Å². The minimum Gasteiger partial charge on any atom is -0.465 e. The van der Waals surface area contributed by atoms with E-state index in [9.17, 15) is 4.79 Å². The molecule has 1 aromatic rings. The van der Waals surface area contributed by atoms with E-state index in [1.54, 1.807) is 6.07 Å². The van der Waals surface area contributed by atoms with Gasteiger partial charge in [0.1, 0.15) is 0 Å². The summed E-state index contributed by atoms with van der Waals surface area (Å²) in [6, 6.07) is 7.30. The zero-order chi connectivity index (χ0) is 9.84. The van der Waals surface area contributed by atoms with Crippen LogP contribution in [0.15, 0.2) is 24.3 Å². The molecule has 3 nitrogen and oxygen atoms in total. The van der Waals surface area contributed by atoms with Gasteiger partial charge in [-0.25, -0.2) is 4.79 Å². The normalized spacial score (nSPS) is 9.69. The second kappa shape index (κ2) is 4.18. The molecule has 13 heavy (non-hydrogen) atoms. The molecule has 0 fully saturated rings. The number of nitrogens with zero attached hydrogens (tertiary/aromatic N) is 1. The van der Waals surface area contributed by atoms with Crippen molar-refractivity contribution in [2.75, 3.05) is 11.9 Å². The molecule has 70 valence electrons. The molecule has 0 unspecified atom stereocenters. The van der Waals surface area contributed by atoms with Crippen LogP contribution in [-0.4, -0.2) is 18.2 Å². The summed E-state index contributed by atoms with van der Waals surface area (Å²) in [6.45, 7) is 0. The van der Waals surface area contributed by atoms with Crippen LogP contribution in [-0.2, 0) is 5.75 Å². The average Bonchev–Trinajstić information content (AvgIpc) is 2.16. The lowest BCUT2D eigenvalue weighted by Gasteiger charge is -2.16. The van der Waals surface area contributed by atoms with Crippen molar-refractivity contribution in [3.63, 3.8) is 0 Å². The summed E-state index contributed by atoms with van der Waals surface area (Å²) in [5, 5.41) is 8.76. The highest BCUT2D eigenvalue weighted by Crippen LogP contribution is 2.20. The van der Waals surface area contributed by atoms with E-state index in [0.29, 0.717) is 11.4 Å². The van der Waals surface area contributed by atoms with Gasteiger partial charge in [0, 0.05) is 12.8 Å². The van der Waals surface area contributed by atoms with E-state index in [2.05, 4.69) is 12.6 Å². The number of carboxylic acid groups (broad SMARTS) is 1. The first-order chi connectivity index (χ1) is 6.16. The molecule has 0 spiro atoms. The van der Waals surface area contributed by atoms with Gasteiger partial charge in [-0.05, 0) is 11.6 Å². The molecule has 0 aliphatic heterocycles. The number of rotatable bonds is 2. The Labute approximate surface area is 82.4 Å². The Kier molecular flexibility index (Phi) is 3.19. The maximum Gasteiger partial charge on any atom is 0.411 e. The first-order valence-electron chi connectivity index (χ1n) is 3.82. The lowest BCUT2D eigenvalue weighted by molar-refractivity contribution is 0.203. The zero-order valence-electron chi connectivity index (χ0n) is 7.27. The summed E-state index contributed by atoms with van der Waals surface area (Å²) in [5.41, 5.74) is 1.60. The van der Waals surface area contributed by atoms with Crippen molar-refractivity contribution >= 4 is 24.4 Å². The van der Waals surface area contributed by atoms with Crippen molar-refractivity contribution in [2.45, 2.75) is 5.75 Å². The monoisotopic (exact) mass is 197 g/mol. The Morgan fingerprint density at radius 3 is 2.69 bits per heavy atom. The number of para-hydroxylation sites is 1. The van der Waals surface area contributed by atoms with Crippen LogP contribution in [0.5, 0.6) is 0 Å². The lowest BCUT2D eigenvalue weighted by atomic mass is 10.2. The number of hydrogen-bond acceptors (Lipinski definition) is 2. The first-order valence-corrected chi connectivity index (χ1v) is 4.45. The largest absolute Gasteiger partial charge is 0.465 e. The van der Waals surface area contributed by atoms with Crippen LogP contribution in [0.25, 0.3) is 0 Å². The van der Waals surface area contributed by atoms with Crippen LogP contribution >= 0.6 is 12.6 Å². The summed E-state index contributed by atoms with van der Waals surface area (Å²) in [6.07, 6.45) is -0.964. The standard InChI is InChI=1S/C9H11NO2S/c1-10(9(11)12)8-5-3-2-4-7(8)6-13/h2-5,13H,6H2,1H3,(H,11,12). The van der Waals surface area contributed by atoms with Crippen molar-refractivity contribution in [3.8, 4) is 0 Å². The molecular formula is C9H11NO2S. The minimum absolute atomic E-state index is 0.536. The first kappa shape index (κ1) is 9.92. The van der Waals surface area contributed by atoms with E-state index in [1.165, 1.54) is 11.9 Å². The number of amides is 1. The Hall–Kier alpha value is -1.16. The molecule has 1 rings (SSSR count). The summed E-state index contributed by atoms with van der Waals surface area (Å²) >= 11 is 4.12. The molecule has 1 N–H and O–H groups in total. The maximum atomic E-state index is 10.7. The van der Waals surface area contributed by atoms with Gasteiger partial charge in [-0.3, -0.25) is 4.90 Å². The number of carbonyl (C=O) groups is 1. The van der Waals surface area contributed by atoms with Crippen LogP contribution in [0.1, 0.15) is 5.56 Å². The average molecular weight is 197 g/mol. The molecule has 0 saturated heterocycles. The van der Waals surface area contributed by atoms with Crippen molar-refractivity contribution in [1.82, 2.24) is 0 Å². The Balaban J connectivity index is 3.05. The second-order valence-electron chi connectivity index (χ2n) is 2.63. The van der Waals surface area contributed by atoms with Crippen molar-refractivity contribution in [1.29, 1.82) is 0 Å². The molecule has 0 saturated carbocycles. The molecule has 1 aromatic carbocycles. The van der Waals surface area contributed by atoms with Gasteiger partial charge in [0.05, 0.1) is 5.69 Å². The zero-order valence-corrected chi connectivity index (χ0v) is 8.16. The maximum absolute atomic E-state index is 10.7. The Morgan fingerprint density at radius 1 is 1.54 bits per heavy atom. The van der Waals surface area contributed by atoms with Crippen molar-refractivity contribution < 1.29 is 9.90 Å².